The van der Waals surface area contributed by atoms with Gasteiger partial charge < -0.3 is 9.80 Å². The first-order valence-corrected chi connectivity index (χ1v) is 10.6. The molecule has 0 fully saturated rings. The Hall–Kier alpha value is -2.22. The molecular weight excluding hydrogens is 328 g/mol. The van der Waals surface area contributed by atoms with E-state index in [1.807, 2.05) is 0 Å². The highest BCUT2D eigenvalue weighted by Gasteiger charge is 2.48. The highest BCUT2D eigenvalue weighted by Crippen LogP contribution is 2.54. The van der Waals surface area contributed by atoms with E-state index >= 15 is 0 Å². The summed E-state index contributed by atoms with van der Waals surface area (Å²) >= 11 is 0. The van der Waals surface area contributed by atoms with E-state index in [1.54, 1.807) is 0 Å². The maximum Gasteiger partial charge on any atom is 0.115 e. The summed E-state index contributed by atoms with van der Waals surface area (Å²) in [6, 6.07) is 15.8. The minimum atomic E-state index is 0.134. The number of benzene rings is 2. The van der Waals surface area contributed by atoms with Gasteiger partial charge in [-0.3, -0.25) is 0 Å². The van der Waals surface area contributed by atoms with Gasteiger partial charge in [-0.15, -0.1) is 0 Å². The topological polar surface area (TPSA) is 6.48 Å². The van der Waals surface area contributed by atoms with Gasteiger partial charge in [-0.05, 0) is 48.9 Å². The number of unbranched alkanes of at least 4 members (excludes halogenated alkanes) is 1. The molecule has 0 radical (unpaired) electrons. The summed E-state index contributed by atoms with van der Waals surface area (Å²) in [6.45, 7) is 6.97. The standard InChI is InChI=1S/C25H32N2/c1-5-8-12-20-14-11-16-22-23(20)26(4)24-25(6-2,7-3)18-17-19-13-9-10-15-21(19)27(22)24/h9-11,13-18,24H,5-8,12H2,1-4H3. The van der Waals surface area contributed by atoms with Crippen molar-refractivity contribution < 1.29 is 0 Å². The molecule has 0 N–H and O–H groups in total. The fourth-order valence-electron chi connectivity index (χ4n) is 5.12. The van der Waals surface area contributed by atoms with Gasteiger partial charge in [0.1, 0.15) is 6.17 Å². The van der Waals surface area contributed by atoms with Crippen molar-refractivity contribution >= 4 is 23.1 Å². The number of fused-ring (bicyclic) bond motifs is 5. The van der Waals surface area contributed by atoms with Crippen molar-refractivity contribution in [2.24, 2.45) is 5.41 Å². The van der Waals surface area contributed by atoms with Crippen LogP contribution in [-0.4, -0.2) is 13.2 Å². The largest absolute Gasteiger partial charge is 0.351 e. The molecule has 1 atom stereocenters. The Kier molecular flexibility index (Phi) is 4.75. The summed E-state index contributed by atoms with van der Waals surface area (Å²) in [5, 5.41) is 0. The Morgan fingerprint density at radius 3 is 2.41 bits per heavy atom. The molecule has 2 heteroatoms. The first-order valence-electron chi connectivity index (χ1n) is 10.6. The lowest BCUT2D eigenvalue weighted by Crippen LogP contribution is -2.50. The zero-order valence-corrected chi connectivity index (χ0v) is 17.2. The molecule has 0 saturated heterocycles. The second kappa shape index (κ2) is 7.07. The summed E-state index contributed by atoms with van der Waals surface area (Å²) in [5.74, 6) is 0. The molecule has 2 aromatic carbocycles. The molecule has 0 amide bonds. The Labute approximate surface area is 164 Å². The Balaban J connectivity index is 1.95. The van der Waals surface area contributed by atoms with E-state index in [-0.39, 0.29) is 5.41 Å². The molecule has 2 aromatic rings. The van der Waals surface area contributed by atoms with E-state index in [0.717, 1.165) is 19.3 Å². The molecule has 0 spiro atoms. The number of nitrogens with zero attached hydrogens (tertiary/aromatic N) is 2. The molecule has 2 aliphatic rings. The number of rotatable bonds is 5. The fraction of sp³-hybridized carbons (Fsp3) is 0.440. The van der Waals surface area contributed by atoms with Gasteiger partial charge in [0.15, 0.2) is 0 Å². The van der Waals surface area contributed by atoms with Crippen LogP contribution in [0.2, 0.25) is 0 Å². The lowest BCUT2D eigenvalue weighted by atomic mass is 9.78. The molecule has 4 rings (SSSR count). The van der Waals surface area contributed by atoms with Crippen LogP contribution < -0.4 is 9.80 Å². The SMILES string of the molecule is CCCCc1cccc2c1N(C)C1N2c2ccccc2C=CC1(CC)CC. The molecule has 27 heavy (non-hydrogen) atoms. The number of aryl methyl sites for hydroxylation is 1. The average molecular weight is 361 g/mol. The van der Waals surface area contributed by atoms with Gasteiger partial charge in [0.05, 0.1) is 17.1 Å². The molecule has 2 nitrogen and oxygen atoms in total. The van der Waals surface area contributed by atoms with Crippen LogP contribution in [-0.2, 0) is 6.42 Å². The van der Waals surface area contributed by atoms with Gasteiger partial charge >= 0.3 is 0 Å². The van der Waals surface area contributed by atoms with Gasteiger partial charge in [0.25, 0.3) is 0 Å². The minimum Gasteiger partial charge on any atom is -0.351 e. The normalized spacial score (nSPS) is 19.5. The van der Waals surface area contributed by atoms with Crippen LogP contribution in [0.3, 0.4) is 0 Å². The first-order chi connectivity index (χ1) is 13.2. The number of hydrogen-bond acceptors (Lipinski definition) is 2. The van der Waals surface area contributed by atoms with E-state index < -0.39 is 0 Å². The van der Waals surface area contributed by atoms with Crippen molar-refractivity contribution in [1.82, 2.24) is 0 Å². The minimum absolute atomic E-state index is 0.134. The monoisotopic (exact) mass is 360 g/mol. The van der Waals surface area contributed by atoms with Crippen LogP contribution in [0.1, 0.15) is 57.6 Å². The van der Waals surface area contributed by atoms with Crippen LogP contribution >= 0.6 is 0 Å². The molecule has 0 bridgehead atoms. The third-order valence-corrected chi connectivity index (χ3v) is 6.74. The highest BCUT2D eigenvalue weighted by molar-refractivity contribution is 5.89. The van der Waals surface area contributed by atoms with Gasteiger partial charge in [-0.2, -0.15) is 0 Å². The van der Waals surface area contributed by atoms with Crippen LogP contribution in [0.15, 0.2) is 48.5 Å². The third-order valence-electron chi connectivity index (χ3n) is 6.74. The van der Waals surface area contributed by atoms with Crippen LogP contribution in [0, 0.1) is 5.41 Å². The van der Waals surface area contributed by atoms with Crippen molar-refractivity contribution in [2.45, 2.75) is 59.0 Å². The molecule has 0 aromatic heterocycles. The quantitative estimate of drug-likeness (QED) is 0.580. The predicted molar refractivity (Wildman–Crippen MR) is 118 cm³/mol. The zero-order valence-electron chi connectivity index (χ0n) is 17.2. The van der Waals surface area contributed by atoms with E-state index in [2.05, 4.69) is 92.2 Å². The lowest BCUT2D eigenvalue weighted by Gasteiger charge is -2.43. The van der Waals surface area contributed by atoms with E-state index in [0.29, 0.717) is 6.17 Å². The molecule has 0 aliphatic carbocycles. The second-order valence-corrected chi connectivity index (χ2v) is 8.08. The average Bonchev–Trinajstić information content (AvgIpc) is 2.92. The summed E-state index contributed by atoms with van der Waals surface area (Å²) in [5.41, 5.74) is 7.10. The van der Waals surface area contributed by atoms with E-state index in [4.69, 9.17) is 0 Å². The summed E-state index contributed by atoms with van der Waals surface area (Å²) in [7, 11) is 2.31. The first kappa shape index (κ1) is 18.2. The highest BCUT2D eigenvalue weighted by atomic mass is 15.4. The van der Waals surface area contributed by atoms with E-state index in [9.17, 15) is 0 Å². The second-order valence-electron chi connectivity index (χ2n) is 8.08. The Bertz CT molecular complexity index is 847. The van der Waals surface area contributed by atoms with Crippen LogP contribution in [0.4, 0.5) is 17.1 Å². The van der Waals surface area contributed by atoms with Crippen molar-refractivity contribution in [3.8, 4) is 0 Å². The van der Waals surface area contributed by atoms with Crippen LogP contribution in [0.5, 0.6) is 0 Å². The zero-order chi connectivity index (χ0) is 19.0. The molecule has 142 valence electrons. The van der Waals surface area contributed by atoms with E-state index in [1.165, 1.54) is 41.0 Å². The molecule has 2 heterocycles. The number of anilines is 3. The third kappa shape index (κ3) is 2.69. The van der Waals surface area contributed by atoms with Crippen LogP contribution in [0.25, 0.3) is 6.08 Å². The predicted octanol–water partition coefficient (Wildman–Crippen LogP) is 6.78. The summed E-state index contributed by atoms with van der Waals surface area (Å²) in [4.78, 5) is 5.19. The Morgan fingerprint density at radius 1 is 0.926 bits per heavy atom. The number of para-hydroxylation sites is 2. The summed E-state index contributed by atoms with van der Waals surface area (Å²) < 4.78 is 0. The number of hydrogen-bond donors (Lipinski definition) is 0. The van der Waals surface area contributed by atoms with Gasteiger partial charge in [0.2, 0.25) is 0 Å². The van der Waals surface area contributed by atoms with Crippen molar-refractivity contribution in [3.05, 3.63) is 59.7 Å². The maximum atomic E-state index is 2.62. The van der Waals surface area contributed by atoms with Gasteiger partial charge in [0, 0.05) is 12.5 Å². The smallest absolute Gasteiger partial charge is 0.115 e. The van der Waals surface area contributed by atoms with Crippen molar-refractivity contribution in [1.29, 1.82) is 0 Å². The lowest BCUT2D eigenvalue weighted by molar-refractivity contribution is 0.283. The van der Waals surface area contributed by atoms with Crippen molar-refractivity contribution in [2.75, 3.05) is 16.8 Å². The van der Waals surface area contributed by atoms with Crippen molar-refractivity contribution in [3.63, 3.8) is 0 Å². The molecule has 1 unspecified atom stereocenters. The Morgan fingerprint density at radius 2 is 1.67 bits per heavy atom. The maximum absolute atomic E-state index is 2.62. The van der Waals surface area contributed by atoms with Gasteiger partial charge in [-0.25, -0.2) is 0 Å². The summed E-state index contributed by atoms with van der Waals surface area (Å²) in [6.07, 6.45) is 11.1. The molecule has 0 saturated carbocycles. The van der Waals surface area contributed by atoms with Gasteiger partial charge in [-0.1, -0.05) is 69.7 Å². The molecular formula is C25H32N2. The fourth-order valence-corrected chi connectivity index (χ4v) is 5.12. The molecule has 2 aliphatic heterocycles.